The van der Waals surface area contributed by atoms with Gasteiger partial charge in [-0.25, -0.2) is 14.2 Å². The second-order valence-electron chi connectivity index (χ2n) is 12.3. The van der Waals surface area contributed by atoms with E-state index in [9.17, 15) is 9.59 Å². The fourth-order valence-corrected chi connectivity index (χ4v) is 5.46. The van der Waals surface area contributed by atoms with E-state index in [0.717, 1.165) is 24.8 Å². The van der Waals surface area contributed by atoms with Gasteiger partial charge >= 0.3 is 5.69 Å². The summed E-state index contributed by atoms with van der Waals surface area (Å²) < 4.78 is 9.52. The SMILES string of the molecule is CC/C(C)=C/Nc1c(C(C)=N)n(-c2ccc(Oc3ccccc3)cc2)c(=O)n1-c1ccc(N(C)C(=O)/C=C/C[N+](C)(OC)C2CC2)cc1. The molecule has 0 saturated heterocycles. The number of imidazole rings is 1. The van der Waals surface area contributed by atoms with Gasteiger partial charge in [-0.15, -0.1) is 0 Å². The Hall–Kier alpha value is -5.19. The van der Waals surface area contributed by atoms with Crippen molar-refractivity contribution in [3.63, 3.8) is 0 Å². The van der Waals surface area contributed by atoms with Crippen LogP contribution in [0.1, 0.15) is 45.7 Å². The number of likely N-dealkylation sites (N-methyl/N-ethyl adjacent to an activating group) is 2. The van der Waals surface area contributed by atoms with Crippen LogP contribution in [0.4, 0.5) is 11.5 Å². The second-order valence-corrected chi connectivity index (χ2v) is 12.3. The Labute approximate surface area is 282 Å². The van der Waals surface area contributed by atoms with E-state index in [2.05, 4.69) is 12.2 Å². The summed E-state index contributed by atoms with van der Waals surface area (Å²) >= 11 is 0. The fraction of sp³-hybridized carbons (Fsp3) is 0.289. The quantitative estimate of drug-likeness (QED) is 0.0650. The van der Waals surface area contributed by atoms with E-state index in [-0.39, 0.29) is 17.3 Å². The van der Waals surface area contributed by atoms with E-state index in [0.29, 0.717) is 57.3 Å². The molecular weight excluding hydrogens is 604 g/mol. The van der Waals surface area contributed by atoms with Crippen molar-refractivity contribution < 1.29 is 19.0 Å². The summed E-state index contributed by atoms with van der Waals surface area (Å²) in [7, 11) is 5.46. The van der Waals surface area contributed by atoms with Gasteiger partial charge in [0.15, 0.2) is 0 Å². The van der Waals surface area contributed by atoms with E-state index < -0.39 is 0 Å². The highest BCUT2D eigenvalue weighted by atomic mass is 16.7. The average Bonchev–Trinajstić information content (AvgIpc) is 3.92. The number of nitrogens with one attached hydrogen (secondary N) is 2. The van der Waals surface area contributed by atoms with Crippen molar-refractivity contribution in [2.24, 2.45) is 0 Å². The molecule has 1 fully saturated rings. The van der Waals surface area contributed by atoms with Crippen molar-refractivity contribution in [3.8, 4) is 22.9 Å². The van der Waals surface area contributed by atoms with Gasteiger partial charge in [-0.1, -0.05) is 30.7 Å². The van der Waals surface area contributed by atoms with Crippen molar-refractivity contribution in [3.05, 3.63) is 119 Å². The monoisotopic (exact) mass is 649 g/mol. The maximum absolute atomic E-state index is 14.3. The van der Waals surface area contributed by atoms with Crippen LogP contribution in [0.2, 0.25) is 0 Å². The van der Waals surface area contributed by atoms with Gasteiger partial charge in [-0.2, -0.15) is 4.65 Å². The van der Waals surface area contributed by atoms with Gasteiger partial charge in [-0.05, 0) is 87.0 Å². The molecule has 2 N–H and O–H groups in total. The van der Waals surface area contributed by atoms with Crippen LogP contribution in [-0.4, -0.2) is 59.2 Å². The van der Waals surface area contributed by atoms with Gasteiger partial charge in [0.1, 0.15) is 35.6 Å². The number of hydrogen-bond donors (Lipinski definition) is 2. The zero-order valence-electron chi connectivity index (χ0n) is 28.6. The Balaban J connectivity index is 1.47. The van der Waals surface area contributed by atoms with Crippen molar-refractivity contribution in [2.75, 3.05) is 38.0 Å². The lowest BCUT2D eigenvalue weighted by Crippen LogP contribution is -2.45. The number of hydrogen-bond acceptors (Lipinski definition) is 6. The highest BCUT2D eigenvalue weighted by molar-refractivity contribution is 6.01. The fourth-order valence-electron chi connectivity index (χ4n) is 5.46. The number of carbonyl (C=O) groups excluding carboxylic acids is 1. The smallest absolute Gasteiger partial charge is 0.339 e. The molecule has 1 saturated carbocycles. The summed E-state index contributed by atoms with van der Waals surface area (Å²) in [6.07, 6.45) is 8.40. The third-order valence-corrected chi connectivity index (χ3v) is 8.79. The average molecular weight is 650 g/mol. The molecule has 0 spiro atoms. The van der Waals surface area contributed by atoms with Crippen LogP contribution in [0.5, 0.6) is 11.5 Å². The molecule has 48 heavy (non-hydrogen) atoms. The standard InChI is InChI=1S/C38H45N6O4/c1-7-27(2)26-40-37-36(28(3)39)42(30-19-23-34(24-20-30)48-33-12-9-8-10-13-33)38(46)43(37)31-17-15-29(16-18-31)41(4)35(45)14-11-25-44(5,47-6)32-21-22-32/h8-20,23-24,26,32,39-40H,7,21-22,25H2,1-6H3/q+1/b14-11+,27-26+,39-28?. The molecule has 1 aliphatic carbocycles. The first-order chi connectivity index (χ1) is 23.1. The Morgan fingerprint density at radius 1 is 0.979 bits per heavy atom. The number of quaternary nitrogens is 1. The molecule has 1 atom stereocenters. The first-order valence-corrected chi connectivity index (χ1v) is 16.2. The van der Waals surface area contributed by atoms with Crippen molar-refractivity contribution >= 4 is 23.1 Å². The minimum atomic E-state index is -0.339. The lowest BCUT2D eigenvalue weighted by Gasteiger charge is -2.28. The van der Waals surface area contributed by atoms with Crippen LogP contribution in [0.3, 0.4) is 0 Å². The molecule has 0 radical (unpaired) electrons. The van der Waals surface area contributed by atoms with Crippen LogP contribution >= 0.6 is 0 Å². The molecule has 3 aromatic carbocycles. The molecule has 10 heteroatoms. The predicted molar refractivity (Wildman–Crippen MR) is 192 cm³/mol. The number of carbonyl (C=O) groups is 1. The number of anilines is 2. The summed E-state index contributed by atoms with van der Waals surface area (Å²) in [4.78, 5) is 34.5. The van der Waals surface area contributed by atoms with Crippen LogP contribution < -0.4 is 20.6 Å². The second kappa shape index (κ2) is 14.7. The number of hydroxylamine groups is 3. The highest BCUT2D eigenvalue weighted by Crippen LogP contribution is 2.32. The summed E-state index contributed by atoms with van der Waals surface area (Å²) in [6.45, 7) is 6.34. The van der Waals surface area contributed by atoms with E-state index in [1.165, 1.54) is 4.57 Å². The van der Waals surface area contributed by atoms with E-state index in [1.807, 2.05) is 93.0 Å². The first-order valence-electron chi connectivity index (χ1n) is 16.2. The maximum Gasteiger partial charge on any atom is 0.339 e. The van der Waals surface area contributed by atoms with E-state index in [4.69, 9.17) is 15.0 Å². The molecule has 0 aliphatic heterocycles. The lowest BCUT2D eigenvalue weighted by atomic mass is 10.2. The van der Waals surface area contributed by atoms with Crippen molar-refractivity contribution in [2.45, 2.75) is 46.1 Å². The molecule has 0 bridgehead atoms. The first kappa shape index (κ1) is 34.2. The van der Waals surface area contributed by atoms with Crippen molar-refractivity contribution in [1.82, 2.24) is 9.13 Å². The zero-order valence-corrected chi connectivity index (χ0v) is 28.6. The summed E-state index contributed by atoms with van der Waals surface area (Å²) in [5, 5.41) is 12.0. The molecule has 1 heterocycles. The normalized spacial score (nSPS) is 14.5. The molecule has 10 nitrogen and oxygen atoms in total. The summed E-state index contributed by atoms with van der Waals surface area (Å²) in [6, 6.07) is 24.4. The molecule has 5 rings (SSSR count). The number of rotatable bonds is 14. The summed E-state index contributed by atoms with van der Waals surface area (Å²) in [5.41, 5.74) is 3.27. The van der Waals surface area contributed by atoms with Crippen LogP contribution in [0.25, 0.3) is 11.4 Å². The van der Waals surface area contributed by atoms with Gasteiger partial charge in [-0.3, -0.25) is 9.36 Å². The minimum Gasteiger partial charge on any atom is -0.457 e. The minimum absolute atomic E-state index is 0.159. The zero-order chi connectivity index (χ0) is 34.4. The largest absolute Gasteiger partial charge is 0.457 e. The highest BCUT2D eigenvalue weighted by Gasteiger charge is 2.42. The number of benzene rings is 3. The van der Waals surface area contributed by atoms with E-state index >= 15 is 0 Å². The molecule has 1 aromatic heterocycles. The lowest BCUT2D eigenvalue weighted by molar-refractivity contribution is -1.09. The molecule has 1 aliphatic rings. The van der Waals surface area contributed by atoms with Crippen molar-refractivity contribution in [1.29, 1.82) is 5.41 Å². The van der Waals surface area contributed by atoms with Gasteiger partial charge < -0.3 is 20.4 Å². The van der Waals surface area contributed by atoms with Crippen LogP contribution in [0.15, 0.2) is 108 Å². The summed E-state index contributed by atoms with van der Waals surface area (Å²) in [5.74, 6) is 1.65. The van der Waals surface area contributed by atoms with E-state index in [1.54, 1.807) is 48.8 Å². The number of aromatic nitrogens is 2. The van der Waals surface area contributed by atoms with Gasteiger partial charge in [0.2, 0.25) is 0 Å². The molecular formula is C38H45N6O4+. The molecule has 1 amide bonds. The predicted octanol–water partition coefficient (Wildman–Crippen LogP) is 7.22. The van der Waals surface area contributed by atoms with Crippen LogP contribution in [0, 0.1) is 5.41 Å². The Morgan fingerprint density at radius 2 is 1.58 bits per heavy atom. The number of ether oxygens (including phenoxy) is 1. The Kier molecular flexibility index (Phi) is 10.5. The number of para-hydroxylation sites is 1. The van der Waals surface area contributed by atoms with Gasteiger partial charge in [0.25, 0.3) is 5.91 Å². The van der Waals surface area contributed by atoms with Crippen LogP contribution in [-0.2, 0) is 9.63 Å². The third-order valence-electron chi connectivity index (χ3n) is 8.79. The Bertz CT molecular complexity index is 1870. The molecule has 4 aromatic rings. The Morgan fingerprint density at radius 3 is 2.17 bits per heavy atom. The number of nitrogens with zero attached hydrogens (tertiary/aromatic N) is 4. The number of amides is 1. The number of allylic oxidation sites excluding steroid dienone is 1. The topological polar surface area (TPSA) is 102 Å². The van der Waals surface area contributed by atoms with Gasteiger partial charge in [0, 0.05) is 37.9 Å². The molecule has 250 valence electrons. The molecule has 1 unspecified atom stereocenters. The third kappa shape index (κ3) is 7.51. The van der Waals surface area contributed by atoms with Gasteiger partial charge in [0.05, 0.1) is 31.2 Å². The maximum atomic E-state index is 14.3.